The summed E-state index contributed by atoms with van der Waals surface area (Å²) >= 11 is 0. The molecule has 0 aromatic heterocycles. The fraction of sp³-hybridized carbons (Fsp3) is 0.580. The zero-order valence-corrected chi connectivity index (χ0v) is 43.0. The number of carbonyl (C=O) groups is 1. The highest BCUT2D eigenvalue weighted by molar-refractivity contribution is 7.86. The van der Waals surface area contributed by atoms with E-state index in [-0.39, 0.29) is 29.2 Å². The highest BCUT2D eigenvalue weighted by Crippen LogP contribution is 2.51. The number of benzene rings is 2. The fourth-order valence-corrected chi connectivity index (χ4v) is 8.87. The number of allylic oxidation sites excluding steroid dienone is 7. The lowest BCUT2D eigenvalue weighted by molar-refractivity contribution is -0.137. The normalized spacial score (nSPS) is 16.2. The minimum Gasteiger partial charge on any atom is -0.507 e. The number of unbranched alkanes of at least 4 members (excludes halogenated alkanes) is 2. The molecule has 0 aliphatic carbocycles. The van der Waals surface area contributed by atoms with E-state index in [2.05, 4.69) is 11.5 Å². The molecule has 1 unspecified atom stereocenters. The molecule has 17 nitrogen and oxygen atoms in total. The molecule has 0 saturated heterocycles. The summed E-state index contributed by atoms with van der Waals surface area (Å²) in [5.41, 5.74) is 3.83. The predicted octanol–water partition coefficient (Wildman–Crippen LogP) is 7.71. The SMILES string of the molecule is C=C(/C=C(\c1ccc(N(CC)CCCS(=O)(=O)O)cc1O)C(C)(C)C)/C=C/C=C1/N(CCCCCC(=O)O)c2ccc(S(=O)(=O)O)cc2C1(C)CCOCCOCCOCCOCCOCCOC. The number of methoxy groups -OCH3 is 1. The van der Waals surface area contributed by atoms with E-state index in [4.69, 9.17) is 28.4 Å². The largest absolute Gasteiger partial charge is 0.507 e. The number of phenols is 1. The maximum atomic E-state index is 12.4. The zero-order chi connectivity index (χ0) is 51.1. The Morgan fingerprint density at radius 2 is 1.42 bits per heavy atom. The second-order valence-corrected chi connectivity index (χ2v) is 20.9. The van der Waals surface area contributed by atoms with Gasteiger partial charge in [-0.2, -0.15) is 16.8 Å². The molecule has 1 heterocycles. The van der Waals surface area contributed by atoms with E-state index in [1.54, 1.807) is 19.2 Å². The van der Waals surface area contributed by atoms with Gasteiger partial charge < -0.3 is 48.4 Å². The topological polar surface area (TPSA) is 228 Å². The fourth-order valence-electron chi connectivity index (χ4n) is 7.87. The maximum Gasteiger partial charge on any atom is 0.303 e. The molecule has 1 atom stereocenters. The van der Waals surface area contributed by atoms with Gasteiger partial charge in [-0.05, 0) is 98.1 Å². The van der Waals surface area contributed by atoms with Crippen LogP contribution in [-0.2, 0) is 58.9 Å². The van der Waals surface area contributed by atoms with E-state index < -0.39 is 37.0 Å². The first-order valence-electron chi connectivity index (χ1n) is 23.4. The Kier molecular flexibility index (Phi) is 25.1. The summed E-state index contributed by atoms with van der Waals surface area (Å²) in [6, 6.07) is 9.92. The summed E-state index contributed by atoms with van der Waals surface area (Å²) < 4.78 is 99.8. The van der Waals surface area contributed by atoms with Gasteiger partial charge in [-0.1, -0.05) is 52.0 Å². The van der Waals surface area contributed by atoms with Crippen molar-refractivity contribution >= 4 is 43.2 Å². The van der Waals surface area contributed by atoms with Crippen LogP contribution in [0.2, 0.25) is 0 Å². The molecule has 2 aromatic rings. The van der Waals surface area contributed by atoms with Gasteiger partial charge in [0, 0.05) is 73.9 Å². The summed E-state index contributed by atoms with van der Waals surface area (Å²) in [5.74, 6) is -1.18. The van der Waals surface area contributed by atoms with Gasteiger partial charge in [-0.25, -0.2) is 0 Å². The molecule has 0 bridgehead atoms. The van der Waals surface area contributed by atoms with Crippen LogP contribution in [0.1, 0.15) is 84.3 Å². The predicted molar refractivity (Wildman–Crippen MR) is 268 cm³/mol. The zero-order valence-electron chi connectivity index (χ0n) is 41.3. The number of carboxylic acids is 1. The lowest BCUT2D eigenvalue weighted by Crippen LogP contribution is -2.30. The molecule has 0 saturated carbocycles. The van der Waals surface area contributed by atoms with E-state index in [1.165, 1.54) is 12.1 Å². The highest BCUT2D eigenvalue weighted by atomic mass is 32.2. The maximum absolute atomic E-state index is 12.4. The minimum absolute atomic E-state index is 0.0417. The molecule has 1 aliphatic rings. The average molecular weight is 1010 g/mol. The van der Waals surface area contributed by atoms with Gasteiger partial charge in [-0.3, -0.25) is 13.9 Å². The number of ether oxygens (including phenoxy) is 6. The van der Waals surface area contributed by atoms with Crippen LogP contribution in [0.5, 0.6) is 5.75 Å². The van der Waals surface area contributed by atoms with Crippen molar-refractivity contribution in [2.45, 2.75) is 83.5 Å². The second-order valence-electron chi connectivity index (χ2n) is 17.9. The van der Waals surface area contributed by atoms with Crippen molar-refractivity contribution in [3.63, 3.8) is 0 Å². The quantitative estimate of drug-likeness (QED) is 0.0294. The van der Waals surface area contributed by atoms with Crippen molar-refractivity contribution < 1.29 is 69.4 Å². The number of phenolic OH excluding ortho intramolecular Hbond substituents is 1. The van der Waals surface area contributed by atoms with Gasteiger partial charge >= 0.3 is 5.97 Å². The Morgan fingerprint density at radius 3 is 1.94 bits per heavy atom. The molecule has 0 radical (unpaired) electrons. The summed E-state index contributed by atoms with van der Waals surface area (Å²) in [6.07, 6.45) is 10.1. The number of fused-ring (bicyclic) bond motifs is 1. The molecule has 0 spiro atoms. The highest BCUT2D eigenvalue weighted by Gasteiger charge is 2.43. The Hall–Kier alpha value is -4.15. The molecule has 388 valence electrons. The molecule has 0 fully saturated rings. The molecular weight excluding hydrogens is 933 g/mol. The molecule has 2 aromatic carbocycles. The van der Waals surface area contributed by atoms with Crippen molar-refractivity contribution in [2.75, 3.05) is 115 Å². The molecule has 3 rings (SSSR count). The molecule has 19 heteroatoms. The van der Waals surface area contributed by atoms with E-state index >= 15 is 0 Å². The second kappa shape index (κ2) is 29.3. The Labute approximate surface area is 410 Å². The minimum atomic E-state index is -4.54. The van der Waals surface area contributed by atoms with E-state index in [0.29, 0.717) is 140 Å². The van der Waals surface area contributed by atoms with Gasteiger partial charge in [0.05, 0.1) is 76.7 Å². The first-order valence-corrected chi connectivity index (χ1v) is 26.5. The smallest absolute Gasteiger partial charge is 0.303 e. The standard InChI is InChI=1S/C50H76N2O15S2/c1-8-51(22-13-35-68(56,57)58)40-17-19-42(46(53)37-40)43(49(3,4)5)36-39(2)14-12-15-47-50(6,21-24-63-27-28-65-31-32-67-34-33-66-30-29-64-26-25-62-7)44-38-41(69(59,60)61)18-20-45(44)52(47)23-11-9-10-16-48(54)55/h12,14-15,17-20,36-38,53H,2,8-11,13,16,21-35H2,1,3-7H3,(H,54,55)(H,56,57,58)(H,59,60,61)/b14-12+,43-36+,47-15+. The third-order valence-corrected chi connectivity index (χ3v) is 13.2. The Bertz CT molecular complexity index is 2250. The molecule has 4 N–H and O–H groups in total. The van der Waals surface area contributed by atoms with Gasteiger partial charge in [0.15, 0.2) is 0 Å². The Morgan fingerprint density at radius 1 is 0.826 bits per heavy atom. The number of hydrogen-bond acceptors (Lipinski definition) is 14. The summed E-state index contributed by atoms with van der Waals surface area (Å²) in [5, 5.41) is 20.6. The van der Waals surface area contributed by atoms with Crippen LogP contribution in [-0.4, -0.2) is 147 Å². The van der Waals surface area contributed by atoms with E-state index in [9.17, 15) is 40.9 Å². The van der Waals surface area contributed by atoms with Gasteiger partial charge in [0.25, 0.3) is 20.2 Å². The number of carboxylic acid groups (broad SMARTS) is 1. The van der Waals surface area contributed by atoms with Crippen molar-refractivity contribution in [3.8, 4) is 5.75 Å². The molecule has 0 amide bonds. The first kappa shape index (κ1) is 59.2. The average Bonchev–Trinajstić information content (AvgIpc) is 3.49. The number of rotatable bonds is 35. The van der Waals surface area contributed by atoms with E-state index in [0.717, 1.165) is 17.0 Å². The summed E-state index contributed by atoms with van der Waals surface area (Å²) in [7, 11) is -7.01. The van der Waals surface area contributed by atoms with Gasteiger partial charge in [-0.15, -0.1) is 0 Å². The lowest BCUT2D eigenvalue weighted by atomic mass is 9.78. The van der Waals surface area contributed by atoms with Crippen LogP contribution in [0.25, 0.3) is 5.57 Å². The summed E-state index contributed by atoms with van der Waals surface area (Å²) in [6.45, 7) is 20.4. The van der Waals surface area contributed by atoms with Crippen LogP contribution >= 0.6 is 0 Å². The van der Waals surface area contributed by atoms with Crippen molar-refractivity contribution in [1.29, 1.82) is 0 Å². The summed E-state index contributed by atoms with van der Waals surface area (Å²) in [4.78, 5) is 15.0. The number of hydrogen-bond donors (Lipinski definition) is 4. The van der Waals surface area contributed by atoms with Crippen LogP contribution in [0.3, 0.4) is 0 Å². The molecule has 1 aliphatic heterocycles. The van der Waals surface area contributed by atoms with Crippen LogP contribution in [0.15, 0.2) is 83.4 Å². The number of aliphatic carboxylic acids is 1. The monoisotopic (exact) mass is 1010 g/mol. The number of anilines is 2. The van der Waals surface area contributed by atoms with Gasteiger partial charge in [0.2, 0.25) is 0 Å². The van der Waals surface area contributed by atoms with Crippen LogP contribution < -0.4 is 9.80 Å². The number of aromatic hydroxyl groups is 1. The molecule has 69 heavy (non-hydrogen) atoms. The van der Waals surface area contributed by atoms with E-state index in [1.807, 2.05) is 76.0 Å². The van der Waals surface area contributed by atoms with Crippen LogP contribution in [0.4, 0.5) is 11.4 Å². The first-order chi connectivity index (χ1) is 32.6. The Balaban J connectivity index is 1.83. The third kappa shape index (κ3) is 20.6. The number of nitrogens with zero attached hydrogens (tertiary/aromatic N) is 2. The van der Waals surface area contributed by atoms with Crippen molar-refractivity contribution in [1.82, 2.24) is 0 Å². The third-order valence-electron chi connectivity index (χ3n) is 11.5. The molecular formula is C50H76N2O15S2. The van der Waals surface area contributed by atoms with Gasteiger partial charge in [0.1, 0.15) is 5.75 Å². The van der Waals surface area contributed by atoms with Crippen molar-refractivity contribution in [3.05, 3.63) is 89.7 Å². The van der Waals surface area contributed by atoms with Crippen molar-refractivity contribution in [2.24, 2.45) is 5.41 Å². The van der Waals surface area contributed by atoms with Crippen LogP contribution in [0, 0.1) is 5.41 Å². The lowest BCUT2D eigenvalue weighted by Gasteiger charge is -2.30.